The Kier molecular flexibility index (Phi) is 5.01. The van der Waals surface area contributed by atoms with Gasteiger partial charge in [0.1, 0.15) is 5.82 Å². The number of hydrogen-bond acceptors (Lipinski definition) is 2. The Bertz CT molecular complexity index is 553. The van der Waals surface area contributed by atoms with Crippen LogP contribution >= 0.6 is 11.6 Å². The lowest BCUT2D eigenvalue weighted by Crippen LogP contribution is -2.44. The third-order valence-corrected chi connectivity index (χ3v) is 5.77. The minimum absolute atomic E-state index is 0.0651. The third-order valence-electron chi connectivity index (χ3n) is 3.48. The summed E-state index contributed by atoms with van der Waals surface area (Å²) in [7, 11) is -2.10. The minimum Gasteiger partial charge on any atom is -0.207 e. The largest absolute Gasteiger partial charge is 0.282 e. The number of halogens is 2. The van der Waals surface area contributed by atoms with Gasteiger partial charge in [-0.05, 0) is 25.0 Å². The van der Waals surface area contributed by atoms with E-state index in [1.807, 2.05) is 0 Å². The van der Waals surface area contributed by atoms with Crippen molar-refractivity contribution < 1.29 is 12.8 Å². The molecular formula is C13H18ClFN2O2S. The van der Waals surface area contributed by atoms with Crippen LogP contribution in [0.25, 0.3) is 0 Å². The van der Waals surface area contributed by atoms with Crippen molar-refractivity contribution in [3.8, 4) is 0 Å². The van der Waals surface area contributed by atoms with Crippen LogP contribution in [-0.4, -0.2) is 37.2 Å². The molecule has 1 fully saturated rings. The highest BCUT2D eigenvalue weighted by Crippen LogP contribution is 2.23. The molecule has 0 spiro atoms. The van der Waals surface area contributed by atoms with Crippen molar-refractivity contribution >= 4 is 21.8 Å². The van der Waals surface area contributed by atoms with Crippen molar-refractivity contribution in [3.05, 3.63) is 34.6 Å². The van der Waals surface area contributed by atoms with Gasteiger partial charge in [0.15, 0.2) is 0 Å². The van der Waals surface area contributed by atoms with Crippen molar-refractivity contribution in [3.63, 3.8) is 0 Å². The summed E-state index contributed by atoms with van der Waals surface area (Å²) in [4.78, 5) is 0. The molecule has 0 unspecified atom stereocenters. The van der Waals surface area contributed by atoms with Gasteiger partial charge < -0.3 is 0 Å². The maximum atomic E-state index is 13.7. The fourth-order valence-electron chi connectivity index (χ4n) is 2.28. The summed E-state index contributed by atoms with van der Waals surface area (Å²) >= 11 is 5.93. The van der Waals surface area contributed by atoms with Crippen molar-refractivity contribution in [2.75, 3.05) is 20.1 Å². The van der Waals surface area contributed by atoms with Crippen LogP contribution in [0, 0.1) is 5.82 Å². The van der Waals surface area contributed by atoms with E-state index < -0.39 is 16.0 Å². The van der Waals surface area contributed by atoms with Crippen LogP contribution in [-0.2, 0) is 16.8 Å². The van der Waals surface area contributed by atoms with Gasteiger partial charge in [0, 0.05) is 37.3 Å². The van der Waals surface area contributed by atoms with Crippen LogP contribution in [0.5, 0.6) is 0 Å². The van der Waals surface area contributed by atoms with Gasteiger partial charge in [0.25, 0.3) is 10.2 Å². The molecule has 0 aliphatic carbocycles. The van der Waals surface area contributed by atoms with Crippen molar-refractivity contribution in [1.29, 1.82) is 0 Å². The topological polar surface area (TPSA) is 40.6 Å². The zero-order valence-electron chi connectivity index (χ0n) is 11.3. The maximum absolute atomic E-state index is 13.7. The molecule has 1 saturated heterocycles. The molecule has 112 valence electrons. The molecule has 1 aromatic rings. The fourth-order valence-corrected chi connectivity index (χ4v) is 3.91. The first-order chi connectivity index (χ1) is 9.43. The van der Waals surface area contributed by atoms with Gasteiger partial charge >= 0.3 is 0 Å². The molecule has 0 saturated carbocycles. The second-order valence-corrected chi connectivity index (χ2v) is 7.37. The highest BCUT2D eigenvalue weighted by molar-refractivity contribution is 7.86. The second-order valence-electron chi connectivity index (χ2n) is 4.92. The van der Waals surface area contributed by atoms with Gasteiger partial charge in [-0.15, -0.1) is 0 Å². The predicted molar refractivity (Wildman–Crippen MR) is 77.2 cm³/mol. The Morgan fingerprint density at radius 1 is 1.30 bits per heavy atom. The van der Waals surface area contributed by atoms with E-state index in [0.29, 0.717) is 13.1 Å². The summed E-state index contributed by atoms with van der Waals surface area (Å²) in [6.45, 7) is 0.986. The van der Waals surface area contributed by atoms with Crippen LogP contribution in [0.15, 0.2) is 18.2 Å². The summed E-state index contributed by atoms with van der Waals surface area (Å²) in [5, 5.41) is 0.241. The molecule has 4 nitrogen and oxygen atoms in total. The Hall–Kier alpha value is -0.690. The van der Waals surface area contributed by atoms with Gasteiger partial charge in [0.05, 0.1) is 0 Å². The lowest BCUT2D eigenvalue weighted by Gasteiger charge is -2.30. The summed E-state index contributed by atoms with van der Waals surface area (Å²) < 4.78 is 41.1. The molecule has 0 amide bonds. The standard InChI is InChI=1S/C13H18ClFN2O2S/c1-16(10-11-12(14)6-5-7-13(11)15)20(18,19)17-8-3-2-4-9-17/h5-7H,2-4,8-10H2,1H3. The van der Waals surface area contributed by atoms with E-state index in [1.165, 1.54) is 23.5 Å². The molecule has 0 N–H and O–H groups in total. The van der Waals surface area contributed by atoms with Crippen molar-refractivity contribution in [1.82, 2.24) is 8.61 Å². The summed E-state index contributed by atoms with van der Waals surface area (Å²) in [6, 6.07) is 4.34. The van der Waals surface area contributed by atoms with Crippen LogP contribution in [0.4, 0.5) is 4.39 Å². The number of benzene rings is 1. The molecule has 1 aromatic carbocycles. The summed E-state index contributed by atoms with van der Waals surface area (Å²) in [5.41, 5.74) is 0.206. The van der Waals surface area contributed by atoms with E-state index >= 15 is 0 Å². The Labute approximate surface area is 124 Å². The molecule has 0 bridgehead atoms. The Morgan fingerprint density at radius 3 is 2.55 bits per heavy atom. The molecule has 20 heavy (non-hydrogen) atoms. The van der Waals surface area contributed by atoms with Crippen LogP contribution < -0.4 is 0 Å². The molecule has 1 heterocycles. The molecule has 0 atom stereocenters. The van der Waals surface area contributed by atoms with Gasteiger partial charge in [-0.1, -0.05) is 24.1 Å². The van der Waals surface area contributed by atoms with E-state index in [-0.39, 0.29) is 17.1 Å². The van der Waals surface area contributed by atoms with Gasteiger partial charge in [0.2, 0.25) is 0 Å². The van der Waals surface area contributed by atoms with Gasteiger partial charge in [-0.2, -0.15) is 17.0 Å². The molecule has 1 aliphatic rings. The SMILES string of the molecule is CN(Cc1c(F)cccc1Cl)S(=O)(=O)N1CCCCC1. The molecule has 7 heteroatoms. The van der Waals surface area contributed by atoms with E-state index in [4.69, 9.17) is 11.6 Å². The average molecular weight is 321 g/mol. The zero-order valence-corrected chi connectivity index (χ0v) is 12.9. The number of rotatable bonds is 4. The third kappa shape index (κ3) is 3.31. The lowest BCUT2D eigenvalue weighted by molar-refractivity contribution is 0.313. The lowest BCUT2D eigenvalue weighted by atomic mass is 10.2. The maximum Gasteiger partial charge on any atom is 0.282 e. The Morgan fingerprint density at radius 2 is 1.95 bits per heavy atom. The van der Waals surface area contributed by atoms with E-state index in [1.54, 1.807) is 6.07 Å². The fraction of sp³-hybridized carbons (Fsp3) is 0.538. The first-order valence-electron chi connectivity index (χ1n) is 6.57. The average Bonchev–Trinajstić information content (AvgIpc) is 2.43. The van der Waals surface area contributed by atoms with Crippen LogP contribution in [0.2, 0.25) is 5.02 Å². The number of piperidine rings is 1. The van der Waals surface area contributed by atoms with Gasteiger partial charge in [-0.25, -0.2) is 4.39 Å². The monoisotopic (exact) mass is 320 g/mol. The molecule has 0 radical (unpaired) electrons. The molecule has 2 rings (SSSR count). The van der Waals surface area contributed by atoms with Crippen LogP contribution in [0.1, 0.15) is 24.8 Å². The number of nitrogens with zero attached hydrogens (tertiary/aromatic N) is 2. The highest BCUT2D eigenvalue weighted by atomic mass is 35.5. The molecule has 1 aliphatic heterocycles. The predicted octanol–water partition coefficient (Wildman–Crippen LogP) is 2.64. The highest BCUT2D eigenvalue weighted by Gasteiger charge is 2.29. The van der Waals surface area contributed by atoms with E-state index in [9.17, 15) is 12.8 Å². The van der Waals surface area contributed by atoms with Gasteiger partial charge in [-0.3, -0.25) is 0 Å². The van der Waals surface area contributed by atoms with Crippen molar-refractivity contribution in [2.45, 2.75) is 25.8 Å². The molecule has 0 aromatic heterocycles. The summed E-state index contributed by atoms with van der Waals surface area (Å²) in [6.07, 6.45) is 2.79. The molecular weight excluding hydrogens is 303 g/mol. The summed E-state index contributed by atoms with van der Waals surface area (Å²) in [5.74, 6) is -0.488. The minimum atomic E-state index is -3.55. The van der Waals surface area contributed by atoms with Crippen LogP contribution in [0.3, 0.4) is 0 Å². The normalized spacial score (nSPS) is 17.6. The number of hydrogen-bond donors (Lipinski definition) is 0. The Balaban J connectivity index is 2.16. The van der Waals surface area contributed by atoms with E-state index in [2.05, 4.69) is 0 Å². The second kappa shape index (κ2) is 6.39. The van der Waals surface area contributed by atoms with Crippen molar-refractivity contribution in [2.24, 2.45) is 0 Å². The first kappa shape index (κ1) is 15.7. The quantitative estimate of drug-likeness (QED) is 0.855. The first-order valence-corrected chi connectivity index (χ1v) is 8.34. The van der Waals surface area contributed by atoms with E-state index in [0.717, 1.165) is 23.6 Å². The smallest absolute Gasteiger partial charge is 0.207 e. The zero-order chi connectivity index (χ0) is 14.8.